The average Bonchev–Trinajstić information content (AvgIpc) is 2.58. The van der Waals surface area contributed by atoms with Gasteiger partial charge in [0.25, 0.3) is 0 Å². The highest BCUT2D eigenvalue weighted by Gasteiger charge is 2.15. The summed E-state index contributed by atoms with van der Waals surface area (Å²) in [6.45, 7) is 0. The van der Waals surface area contributed by atoms with Gasteiger partial charge >= 0.3 is 0 Å². The zero-order chi connectivity index (χ0) is 20.7. The molecule has 0 aliphatic carbocycles. The first kappa shape index (κ1) is 19.8. The van der Waals surface area contributed by atoms with E-state index in [1.54, 1.807) is 12.1 Å². The van der Waals surface area contributed by atoms with E-state index >= 15 is 0 Å². The quantitative estimate of drug-likeness (QED) is 0.475. The van der Waals surface area contributed by atoms with Crippen LogP contribution in [0.3, 0.4) is 0 Å². The van der Waals surface area contributed by atoms with Crippen molar-refractivity contribution in [2.24, 2.45) is 4.99 Å². The van der Waals surface area contributed by atoms with Crippen molar-refractivity contribution in [3.8, 4) is 11.5 Å². The third-order valence-corrected chi connectivity index (χ3v) is 5.44. The second kappa shape index (κ2) is 6.87. The fourth-order valence-corrected chi connectivity index (χ4v) is 3.60. The smallest absolute Gasteiger partial charge is 0.126 e. The maximum atomic E-state index is 11.4. The highest BCUT2D eigenvalue weighted by molar-refractivity contribution is 7.86. The number of aliphatic imine (C=N–C) groups is 1. The summed E-state index contributed by atoms with van der Waals surface area (Å²) in [7, 11) is -9.90. The number of aromatic hydroxyl groups is 2. The number of para-hydroxylation sites is 1. The van der Waals surface area contributed by atoms with Gasteiger partial charge < -0.3 is 19.3 Å². The molecule has 0 unspecified atom stereocenters. The van der Waals surface area contributed by atoms with Crippen molar-refractivity contribution in [1.82, 2.24) is 0 Å². The largest absolute Gasteiger partial charge is 0.744 e. The van der Waals surface area contributed by atoms with E-state index in [-0.39, 0.29) is 27.8 Å². The molecule has 11 heteroatoms. The Kier molecular flexibility index (Phi) is 4.85. The first-order valence-corrected chi connectivity index (χ1v) is 10.3. The van der Waals surface area contributed by atoms with E-state index in [9.17, 15) is 36.2 Å². The Morgan fingerprint density at radius 2 is 1.39 bits per heavy atom. The molecular weight excluding hydrogens is 410 g/mol. The second-order valence-corrected chi connectivity index (χ2v) is 8.47. The molecule has 0 heterocycles. The van der Waals surface area contributed by atoms with E-state index in [1.807, 2.05) is 0 Å². The summed E-state index contributed by atoms with van der Waals surface area (Å²) in [6, 6.07) is 9.36. The summed E-state index contributed by atoms with van der Waals surface area (Å²) in [5, 5.41) is 19.7. The van der Waals surface area contributed by atoms with Crippen LogP contribution in [0.15, 0.2) is 63.3 Å². The van der Waals surface area contributed by atoms with Crippen LogP contribution in [0.1, 0.15) is 5.56 Å². The van der Waals surface area contributed by atoms with E-state index in [1.165, 1.54) is 18.3 Å². The minimum absolute atomic E-state index is 0.0773. The fourth-order valence-electron chi connectivity index (χ4n) is 2.54. The Morgan fingerprint density at radius 1 is 0.821 bits per heavy atom. The lowest BCUT2D eigenvalue weighted by Gasteiger charge is -2.14. The third kappa shape index (κ3) is 3.97. The van der Waals surface area contributed by atoms with Crippen molar-refractivity contribution in [1.29, 1.82) is 0 Å². The highest BCUT2D eigenvalue weighted by Crippen LogP contribution is 2.38. The van der Waals surface area contributed by atoms with Gasteiger partial charge in [-0.15, -0.1) is 0 Å². The van der Waals surface area contributed by atoms with Gasteiger partial charge in [0, 0.05) is 17.2 Å². The zero-order valence-electron chi connectivity index (χ0n) is 13.8. The number of nitrogens with zero attached hydrogens (tertiary/aromatic N) is 1. The Balaban J connectivity index is 2.33. The number of hydrogen-bond acceptors (Lipinski definition) is 9. The second-order valence-electron chi connectivity index (χ2n) is 5.71. The molecule has 0 amide bonds. The molecule has 2 N–H and O–H groups in total. The van der Waals surface area contributed by atoms with Crippen molar-refractivity contribution in [2.45, 2.75) is 9.79 Å². The predicted molar refractivity (Wildman–Crippen MR) is 96.9 cm³/mol. The van der Waals surface area contributed by atoms with E-state index in [2.05, 4.69) is 4.99 Å². The Morgan fingerprint density at radius 3 is 1.96 bits per heavy atom. The molecule has 0 atom stereocenters. The van der Waals surface area contributed by atoms with E-state index in [0.29, 0.717) is 6.07 Å². The van der Waals surface area contributed by atoms with Crippen molar-refractivity contribution in [3.05, 3.63) is 54.1 Å². The van der Waals surface area contributed by atoms with Crippen molar-refractivity contribution >= 4 is 42.9 Å². The van der Waals surface area contributed by atoms with E-state index < -0.39 is 35.8 Å². The molecule has 0 aliphatic heterocycles. The summed E-state index contributed by atoms with van der Waals surface area (Å²) >= 11 is 0. The van der Waals surface area contributed by atoms with Gasteiger partial charge in [-0.2, -0.15) is 0 Å². The summed E-state index contributed by atoms with van der Waals surface area (Å²) < 4.78 is 68.0. The maximum absolute atomic E-state index is 11.4. The molecule has 3 aromatic rings. The number of phenols is 2. The van der Waals surface area contributed by atoms with Gasteiger partial charge in [-0.3, -0.25) is 4.99 Å². The minimum atomic E-state index is -4.95. The highest BCUT2D eigenvalue weighted by atomic mass is 32.2. The van der Waals surface area contributed by atoms with Crippen LogP contribution in [-0.2, 0) is 20.2 Å². The molecule has 146 valence electrons. The van der Waals surface area contributed by atoms with Crippen LogP contribution >= 0.6 is 0 Å². The number of fused-ring (bicyclic) bond motifs is 1. The molecule has 3 aromatic carbocycles. The molecule has 0 saturated carbocycles. The maximum Gasteiger partial charge on any atom is 0.126 e. The number of hydrogen-bond donors (Lipinski definition) is 2. The Hall–Kier alpha value is -2.99. The normalized spacial score (nSPS) is 12.6. The van der Waals surface area contributed by atoms with Crippen LogP contribution in [0, 0.1) is 0 Å². The molecule has 0 spiro atoms. The summed E-state index contributed by atoms with van der Waals surface area (Å²) in [6.07, 6.45) is 1.17. The fraction of sp³-hybridized carbons (Fsp3) is 0. The predicted octanol–water partition coefficient (Wildman–Crippen LogP) is 1.81. The number of phenolic OH excluding ortho intramolecular Hbond substituents is 2. The standard InChI is InChI=1S/C17H13NO8S2/c19-15-4-2-1-3-10(15)9-18-14-7-12(27(21,22)23)5-11-6-13(28(24,25)26)8-16(20)17(11)14/h1-9,19-20H,(H,21,22,23)(H,24,25,26)/p-2. The monoisotopic (exact) mass is 421 g/mol. The van der Waals surface area contributed by atoms with Gasteiger partial charge in [-0.1, -0.05) is 12.1 Å². The first-order chi connectivity index (χ1) is 13.0. The Labute approximate surface area is 159 Å². The third-order valence-electron chi connectivity index (χ3n) is 3.81. The van der Waals surface area contributed by atoms with Crippen LogP contribution in [0.25, 0.3) is 10.8 Å². The van der Waals surface area contributed by atoms with Crippen LogP contribution in [0.5, 0.6) is 11.5 Å². The molecular formula is C17H11NO8S2-2. The number of benzene rings is 3. The number of rotatable bonds is 4. The van der Waals surface area contributed by atoms with Crippen molar-refractivity contribution in [3.63, 3.8) is 0 Å². The van der Waals surface area contributed by atoms with E-state index in [0.717, 1.165) is 18.2 Å². The van der Waals surface area contributed by atoms with Gasteiger partial charge in [0.05, 0.1) is 15.5 Å². The lowest BCUT2D eigenvalue weighted by atomic mass is 10.1. The van der Waals surface area contributed by atoms with Crippen LogP contribution in [0.4, 0.5) is 5.69 Å². The van der Waals surface area contributed by atoms with Gasteiger partial charge in [0.15, 0.2) is 0 Å². The van der Waals surface area contributed by atoms with Gasteiger partial charge in [-0.05, 0) is 41.8 Å². The molecule has 0 aliphatic rings. The Bertz CT molecular complexity index is 1320. The molecule has 0 radical (unpaired) electrons. The summed E-state index contributed by atoms with van der Waals surface area (Å²) in [5.74, 6) is -0.765. The van der Waals surface area contributed by atoms with Crippen LogP contribution in [-0.4, -0.2) is 42.4 Å². The molecule has 0 bridgehead atoms. The molecule has 0 fully saturated rings. The average molecular weight is 421 g/mol. The van der Waals surface area contributed by atoms with Crippen LogP contribution < -0.4 is 0 Å². The van der Waals surface area contributed by atoms with Gasteiger partial charge in [-0.25, -0.2) is 16.8 Å². The summed E-state index contributed by atoms with van der Waals surface area (Å²) in [5.41, 5.74) is 0.0896. The molecule has 0 aromatic heterocycles. The van der Waals surface area contributed by atoms with Crippen molar-refractivity contribution in [2.75, 3.05) is 0 Å². The lowest BCUT2D eigenvalue weighted by molar-refractivity contribution is 0.458. The summed E-state index contributed by atoms with van der Waals surface area (Å²) in [4.78, 5) is 2.49. The molecule has 9 nitrogen and oxygen atoms in total. The molecule has 0 saturated heterocycles. The molecule has 3 rings (SSSR count). The topological polar surface area (TPSA) is 167 Å². The van der Waals surface area contributed by atoms with Crippen LogP contribution in [0.2, 0.25) is 0 Å². The van der Waals surface area contributed by atoms with Crippen molar-refractivity contribution < 1.29 is 36.2 Å². The lowest BCUT2D eigenvalue weighted by Crippen LogP contribution is -2.01. The first-order valence-electron chi connectivity index (χ1n) is 7.51. The molecule has 28 heavy (non-hydrogen) atoms. The minimum Gasteiger partial charge on any atom is -0.744 e. The zero-order valence-corrected chi connectivity index (χ0v) is 15.4. The van der Waals surface area contributed by atoms with E-state index in [4.69, 9.17) is 0 Å². The van der Waals surface area contributed by atoms with Gasteiger partial charge in [0.1, 0.15) is 31.7 Å². The SMILES string of the molecule is O=S(=O)([O-])c1cc(O)c2c(N=Cc3ccccc3O)cc(S(=O)(=O)[O-])cc2c1. The van der Waals surface area contributed by atoms with Gasteiger partial charge in [0.2, 0.25) is 0 Å².